The predicted octanol–water partition coefficient (Wildman–Crippen LogP) is 0.421. The van der Waals surface area contributed by atoms with Crippen molar-refractivity contribution < 1.29 is 9.59 Å². The second-order valence-corrected chi connectivity index (χ2v) is 8.15. The molecule has 2 saturated heterocycles. The molecule has 9 heteroatoms. The Bertz CT molecular complexity index is 652. The molecule has 1 aromatic rings. The maximum atomic E-state index is 12.9. The van der Waals surface area contributed by atoms with Crippen LogP contribution >= 0.6 is 0 Å². The third-order valence-electron chi connectivity index (χ3n) is 5.58. The van der Waals surface area contributed by atoms with Crippen molar-refractivity contribution in [2.45, 2.75) is 71.6 Å². The van der Waals surface area contributed by atoms with Crippen molar-refractivity contribution in [2.24, 2.45) is 5.92 Å². The molecule has 9 nitrogen and oxygen atoms in total. The van der Waals surface area contributed by atoms with Crippen LogP contribution in [0.5, 0.6) is 0 Å². The maximum absolute atomic E-state index is 12.9. The molecule has 0 unspecified atom stereocenters. The standard InChI is InChI=1S/C18H31N7O2/c1-13(2)24(10-15-4-5-17(26)19-15)18(27)12-25-16(20-21-22-25)11-23-8-6-14(3)7-9-23/h13-15H,4-12H2,1-3H3,(H,19,26)/t15-/m0/s1. The molecule has 1 atom stereocenters. The summed E-state index contributed by atoms with van der Waals surface area (Å²) in [5, 5.41) is 14.9. The van der Waals surface area contributed by atoms with E-state index in [1.807, 2.05) is 18.7 Å². The lowest BCUT2D eigenvalue weighted by Crippen LogP contribution is -2.46. The van der Waals surface area contributed by atoms with Gasteiger partial charge in [-0.05, 0) is 62.5 Å². The second-order valence-electron chi connectivity index (χ2n) is 8.15. The molecule has 150 valence electrons. The predicted molar refractivity (Wildman–Crippen MR) is 99.5 cm³/mol. The van der Waals surface area contributed by atoms with Crippen LogP contribution in [0.2, 0.25) is 0 Å². The van der Waals surface area contributed by atoms with E-state index in [-0.39, 0.29) is 30.4 Å². The first-order valence-corrected chi connectivity index (χ1v) is 9.98. The first-order chi connectivity index (χ1) is 12.9. The molecule has 0 aliphatic carbocycles. The highest BCUT2D eigenvalue weighted by atomic mass is 16.2. The molecule has 0 bridgehead atoms. The van der Waals surface area contributed by atoms with Gasteiger partial charge in [0.05, 0.1) is 6.54 Å². The van der Waals surface area contributed by atoms with Crippen LogP contribution in [0.3, 0.4) is 0 Å². The van der Waals surface area contributed by atoms with Crippen LogP contribution in [-0.4, -0.2) is 73.5 Å². The van der Waals surface area contributed by atoms with Gasteiger partial charge >= 0.3 is 0 Å². The number of hydrogen-bond donors (Lipinski definition) is 1. The molecule has 27 heavy (non-hydrogen) atoms. The quantitative estimate of drug-likeness (QED) is 0.740. The van der Waals surface area contributed by atoms with Crippen LogP contribution in [0.15, 0.2) is 0 Å². The summed E-state index contributed by atoms with van der Waals surface area (Å²) in [5.74, 6) is 1.55. The first kappa shape index (κ1) is 19.7. The smallest absolute Gasteiger partial charge is 0.244 e. The minimum atomic E-state index is -0.0213. The van der Waals surface area contributed by atoms with Crippen LogP contribution < -0.4 is 5.32 Å². The highest BCUT2D eigenvalue weighted by molar-refractivity contribution is 5.79. The Labute approximate surface area is 160 Å². The Kier molecular flexibility index (Phi) is 6.41. The van der Waals surface area contributed by atoms with Crippen molar-refractivity contribution in [1.29, 1.82) is 0 Å². The zero-order valence-corrected chi connectivity index (χ0v) is 16.6. The molecule has 1 N–H and O–H groups in total. The maximum Gasteiger partial charge on any atom is 0.244 e. The van der Waals surface area contributed by atoms with Crippen molar-refractivity contribution in [3.63, 3.8) is 0 Å². The zero-order valence-electron chi connectivity index (χ0n) is 16.6. The molecule has 3 rings (SSSR count). The zero-order chi connectivity index (χ0) is 19.4. The number of amides is 2. The summed E-state index contributed by atoms with van der Waals surface area (Å²) in [6, 6.07) is 0.0889. The van der Waals surface area contributed by atoms with Gasteiger partial charge in [0, 0.05) is 25.0 Å². The van der Waals surface area contributed by atoms with Gasteiger partial charge < -0.3 is 10.2 Å². The molecule has 0 aromatic carbocycles. The number of carbonyl (C=O) groups is 2. The number of nitrogens with one attached hydrogen (secondary N) is 1. The van der Waals surface area contributed by atoms with Gasteiger partial charge in [0.1, 0.15) is 6.54 Å². The van der Waals surface area contributed by atoms with E-state index < -0.39 is 0 Å². The number of likely N-dealkylation sites (tertiary alicyclic amines) is 1. The topological polar surface area (TPSA) is 96.2 Å². The first-order valence-electron chi connectivity index (χ1n) is 9.98. The van der Waals surface area contributed by atoms with E-state index in [2.05, 4.69) is 32.7 Å². The summed E-state index contributed by atoms with van der Waals surface area (Å²) in [4.78, 5) is 28.5. The molecule has 2 aliphatic rings. The molecule has 3 heterocycles. The van der Waals surface area contributed by atoms with Gasteiger partial charge in [-0.2, -0.15) is 0 Å². The van der Waals surface area contributed by atoms with Crippen molar-refractivity contribution in [2.75, 3.05) is 19.6 Å². The van der Waals surface area contributed by atoms with Gasteiger partial charge in [-0.1, -0.05) is 6.92 Å². The van der Waals surface area contributed by atoms with Gasteiger partial charge in [-0.15, -0.1) is 5.10 Å². The number of tetrazole rings is 1. The van der Waals surface area contributed by atoms with Crippen molar-refractivity contribution >= 4 is 11.8 Å². The largest absolute Gasteiger partial charge is 0.352 e. The van der Waals surface area contributed by atoms with Crippen molar-refractivity contribution in [1.82, 2.24) is 35.3 Å². The SMILES string of the molecule is CC1CCN(Cc2nnnn2CC(=O)N(C[C@@H]2CCC(=O)N2)C(C)C)CC1. The summed E-state index contributed by atoms with van der Waals surface area (Å²) < 4.78 is 1.61. The summed E-state index contributed by atoms with van der Waals surface area (Å²) in [6.45, 7) is 9.69. The second kappa shape index (κ2) is 8.77. The monoisotopic (exact) mass is 377 g/mol. The Morgan fingerprint density at radius 3 is 2.67 bits per heavy atom. The molecule has 2 aliphatic heterocycles. The third kappa shape index (κ3) is 5.24. The van der Waals surface area contributed by atoms with E-state index in [9.17, 15) is 9.59 Å². The van der Waals surface area contributed by atoms with E-state index in [0.29, 0.717) is 19.5 Å². The lowest BCUT2D eigenvalue weighted by atomic mass is 9.99. The highest BCUT2D eigenvalue weighted by Crippen LogP contribution is 2.17. The minimum Gasteiger partial charge on any atom is -0.352 e. The third-order valence-corrected chi connectivity index (χ3v) is 5.58. The summed E-state index contributed by atoms with van der Waals surface area (Å²) in [7, 11) is 0. The van der Waals surface area contributed by atoms with E-state index in [1.54, 1.807) is 4.68 Å². The lowest BCUT2D eigenvalue weighted by molar-refractivity contribution is -0.134. The molecular formula is C18H31N7O2. The van der Waals surface area contributed by atoms with E-state index in [0.717, 1.165) is 31.3 Å². The average Bonchev–Trinajstić information content (AvgIpc) is 3.23. The lowest BCUT2D eigenvalue weighted by Gasteiger charge is -2.30. The van der Waals surface area contributed by atoms with E-state index >= 15 is 0 Å². The van der Waals surface area contributed by atoms with Gasteiger partial charge in [-0.3, -0.25) is 14.5 Å². The molecule has 2 amide bonds. The Morgan fingerprint density at radius 2 is 2.04 bits per heavy atom. The van der Waals surface area contributed by atoms with Crippen LogP contribution in [-0.2, 0) is 22.7 Å². The van der Waals surface area contributed by atoms with Crippen LogP contribution in [0, 0.1) is 5.92 Å². The average molecular weight is 377 g/mol. The molecule has 2 fully saturated rings. The molecular weight excluding hydrogens is 346 g/mol. The number of rotatable bonds is 7. The number of hydrogen-bond acceptors (Lipinski definition) is 6. The Morgan fingerprint density at radius 1 is 1.30 bits per heavy atom. The fourth-order valence-corrected chi connectivity index (χ4v) is 3.75. The number of carbonyl (C=O) groups excluding carboxylic acids is 2. The summed E-state index contributed by atoms with van der Waals surface area (Å²) in [6.07, 6.45) is 3.69. The van der Waals surface area contributed by atoms with Crippen LogP contribution in [0.4, 0.5) is 0 Å². The summed E-state index contributed by atoms with van der Waals surface area (Å²) in [5.41, 5.74) is 0. The van der Waals surface area contributed by atoms with E-state index in [1.165, 1.54) is 12.8 Å². The van der Waals surface area contributed by atoms with E-state index in [4.69, 9.17) is 0 Å². The normalized spacial score (nSPS) is 21.6. The highest BCUT2D eigenvalue weighted by Gasteiger charge is 2.27. The number of nitrogens with zero attached hydrogens (tertiary/aromatic N) is 6. The minimum absolute atomic E-state index is 0.0213. The van der Waals surface area contributed by atoms with Gasteiger partial charge in [0.25, 0.3) is 0 Å². The molecule has 0 saturated carbocycles. The van der Waals surface area contributed by atoms with Gasteiger partial charge in [0.15, 0.2) is 5.82 Å². The molecule has 0 spiro atoms. The van der Waals surface area contributed by atoms with Crippen molar-refractivity contribution in [3.05, 3.63) is 5.82 Å². The summed E-state index contributed by atoms with van der Waals surface area (Å²) >= 11 is 0. The Balaban J connectivity index is 1.59. The van der Waals surface area contributed by atoms with Crippen molar-refractivity contribution in [3.8, 4) is 0 Å². The van der Waals surface area contributed by atoms with Gasteiger partial charge in [0.2, 0.25) is 11.8 Å². The molecule has 0 radical (unpaired) electrons. The van der Waals surface area contributed by atoms with Crippen LogP contribution in [0.1, 0.15) is 52.3 Å². The fourth-order valence-electron chi connectivity index (χ4n) is 3.75. The fraction of sp³-hybridized carbons (Fsp3) is 0.833. The number of aromatic nitrogens is 4. The molecule has 1 aromatic heterocycles. The van der Waals surface area contributed by atoms with Crippen LogP contribution in [0.25, 0.3) is 0 Å². The Hall–Kier alpha value is -2.03. The van der Waals surface area contributed by atoms with Gasteiger partial charge in [-0.25, -0.2) is 4.68 Å². The number of piperidine rings is 1.